The van der Waals surface area contributed by atoms with Crippen LogP contribution >= 0.6 is 0 Å². The Balaban J connectivity index is 1.77. The Hall–Kier alpha value is -0.0400. The molecule has 100 valence electrons. The molecule has 1 N–H and O–H groups in total. The van der Waals surface area contributed by atoms with Crippen molar-refractivity contribution in [2.75, 3.05) is 0 Å². The lowest BCUT2D eigenvalue weighted by Crippen LogP contribution is -2.43. The van der Waals surface area contributed by atoms with Crippen LogP contribution < -0.4 is 5.32 Å². The van der Waals surface area contributed by atoms with Gasteiger partial charge in [0.1, 0.15) is 0 Å². The Morgan fingerprint density at radius 1 is 0.882 bits per heavy atom. The SMILES string of the molecule is CCC1CCCC(NC2CCCCC2C)CC1. The quantitative estimate of drug-likeness (QED) is 0.712. The average Bonchev–Trinajstić information content (AvgIpc) is 2.57. The van der Waals surface area contributed by atoms with Crippen LogP contribution in [0.25, 0.3) is 0 Å². The first kappa shape index (κ1) is 13.4. The van der Waals surface area contributed by atoms with E-state index < -0.39 is 0 Å². The largest absolute Gasteiger partial charge is 0.311 e. The minimum Gasteiger partial charge on any atom is -0.311 e. The fourth-order valence-electron chi connectivity index (χ4n) is 3.82. The predicted octanol–water partition coefficient (Wildman–Crippen LogP) is 4.51. The third-order valence-electron chi connectivity index (χ3n) is 5.23. The molecule has 2 aliphatic rings. The molecule has 2 rings (SSSR count). The predicted molar refractivity (Wildman–Crippen MR) is 75.2 cm³/mol. The van der Waals surface area contributed by atoms with Crippen molar-refractivity contribution < 1.29 is 0 Å². The summed E-state index contributed by atoms with van der Waals surface area (Å²) in [6.07, 6.45) is 14.4. The lowest BCUT2D eigenvalue weighted by Gasteiger charge is -2.33. The molecule has 0 saturated heterocycles. The number of rotatable bonds is 3. The first-order valence-electron chi connectivity index (χ1n) is 8.05. The van der Waals surface area contributed by atoms with E-state index in [0.717, 1.165) is 23.9 Å². The Morgan fingerprint density at radius 3 is 2.47 bits per heavy atom. The summed E-state index contributed by atoms with van der Waals surface area (Å²) in [6, 6.07) is 1.66. The molecule has 0 aliphatic heterocycles. The van der Waals surface area contributed by atoms with Crippen LogP contribution in [-0.2, 0) is 0 Å². The molecule has 4 atom stereocenters. The summed E-state index contributed by atoms with van der Waals surface area (Å²) in [7, 11) is 0. The van der Waals surface area contributed by atoms with E-state index in [2.05, 4.69) is 19.2 Å². The van der Waals surface area contributed by atoms with Gasteiger partial charge in [0, 0.05) is 12.1 Å². The molecule has 4 unspecified atom stereocenters. The summed E-state index contributed by atoms with van der Waals surface area (Å²) in [5.74, 6) is 1.93. The molecule has 2 aliphatic carbocycles. The highest BCUT2D eigenvalue weighted by Gasteiger charge is 2.25. The molecular formula is C16H31N. The van der Waals surface area contributed by atoms with Gasteiger partial charge >= 0.3 is 0 Å². The molecule has 0 aromatic rings. The molecule has 1 heteroatoms. The minimum atomic E-state index is 0.826. The zero-order chi connectivity index (χ0) is 12.1. The molecule has 17 heavy (non-hydrogen) atoms. The van der Waals surface area contributed by atoms with Gasteiger partial charge in [-0.05, 0) is 43.9 Å². The van der Waals surface area contributed by atoms with Gasteiger partial charge in [-0.1, -0.05) is 46.0 Å². The van der Waals surface area contributed by atoms with Crippen LogP contribution in [0.1, 0.15) is 78.1 Å². The van der Waals surface area contributed by atoms with Crippen molar-refractivity contribution in [1.29, 1.82) is 0 Å². The first-order chi connectivity index (χ1) is 8.29. The van der Waals surface area contributed by atoms with Crippen molar-refractivity contribution >= 4 is 0 Å². The molecule has 0 aromatic heterocycles. The summed E-state index contributed by atoms with van der Waals surface area (Å²) in [5.41, 5.74) is 0. The van der Waals surface area contributed by atoms with Crippen LogP contribution in [0, 0.1) is 11.8 Å². The van der Waals surface area contributed by atoms with Crippen molar-refractivity contribution in [3.05, 3.63) is 0 Å². The second-order valence-corrected chi connectivity index (χ2v) is 6.51. The summed E-state index contributed by atoms with van der Waals surface area (Å²) in [6.45, 7) is 4.81. The average molecular weight is 237 g/mol. The highest BCUT2D eigenvalue weighted by atomic mass is 15.0. The summed E-state index contributed by atoms with van der Waals surface area (Å²) < 4.78 is 0. The number of hydrogen-bond donors (Lipinski definition) is 1. The molecule has 1 nitrogen and oxygen atoms in total. The highest BCUT2D eigenvalue weighted by Crippen LogP contribution is 2.28. The van der Waals surface area contributed by atoms with E-state index in [1.807, 2.05) is 0 Å². The van der Waals surface area contributed by atoms with Gasteiger partial charge in [0.25, 0.3) is 0 Å². The maximum atomic E-state index is 3.99. The minimum absolute atomic E-state index is 0.826. The Morgan fingerprint density at radius 2 is 1.71 bits per heavy atom. The second kappa shape index (κ2) is 6.78. The zero-order valence-electron chi connectivity index (χ0n) is 11.9. The molecule has 0 radical (unpaired) electrons. The van der Waals surface area contributed by atoms with Gasteiger partial charge in [-0.3, -0.25) is 0 Å². The van der Waals surface area contributed by atoms with E-state index in [-0.39, 0.29) is 0 Å². The van der Waals surface area contributed by atoms with Crippen molar-refractivity contribution in [3.63, 3.8) is 0 Å². The van der Waals surface area contributed by atoms with Crippen LogP contribution in [0.5, 0.6) is 0 Å². The van der Waals surface area contributed by atoms with Crippen LogP contribution in [0.2, 0.25) is 0 Å². The van der Waals surface area contributed by atoms with Gasteiger partial charge in [-0.25, -0.2) is 0 Å². The molecule has 0 aromatic carbocycles. The van der Waals surface area contributed by atoms with Crippen LogP contribution in [0.4, 0.5) is 0 Å². The van der Waals surface area contributed by atoms with Crippen LogP contribution in [0.3, 0.4) is 0 Å². The number of nitrogens with one attached hydrogen (secondary N) is 1. The van der Waals surface area contributed by atoms with Crippen LogP contribution in [-0.4, -0.2) is 12.1 Å². The molecule has 0 amide bonds. The van der Waals surface area contributed by atoms with Crippen molar-refractivity contribution in [3.8, 4) is 0 Å². The third-order valence-corrected chi connectivity index (χ3v) is 5.23. The number of hydrogen-bond acceptors (Lipinski definition) is 1. The van der Waals surface area contributed by atoms with E-state index in [1.165, 1.54) is 64.2 Å². The molecule has 2 fully saturated rings. The van der Waals surface area contributed by atoms with Gasteiger partial charge in [0.05, 0.1) is 0 Å². The highest BCUT2D eigenvalue weighted by molar-refractivity contribution is 4.83. The van der Waals surface area contributed by atoms with Crippen molar-refractivity contribution in [2.24, 2.45) is 11.8 Å². The van der Waals surface area contributed by atoms with Crippen molar-refractivity contribution in [2.45, 2.75) is 90.1 Å². The van der Waals surface area contributed by atoms with E-state index in [1.54, 1.807) is 0 Å². The van der Waals surface area contributed by atoms with Gasteiger partial charge in [0.15, 0.2) is 0 Å². The lowest BCUT2D eigenvalue weighted by atomic mass is 9.85. The Labute approximate surface area is 108 Å². The van der Waals surface area contributed by atoms with Gasteiger partial charge < -0.3 is 5.32 Å². The Bertz CT molecular complexity index is 214. The maximum Gasteiger partial charge on any atom is 0.00952 e. The summed E-state index contributed by atoms with van der Waals surface area (Å²) in [4.78, 5) is 0. The monoisotopic (exact) mass is 237 g/mol. The second-order valence-electron chi connectivity index (χ2n) is 6.51. The summed E-state index contributed by atoms with van der Waals surface area (Å²) >= 11 is 0. The van der Waals surface area contributed by atoms with Crippen molar-refractivity contribution in [1.82, 2.24) is 5.32 Å². The van der Waals surface area contributed by atoms with Crippen LogP contribution in [0.15, 0.2) is 0 Å². The zero-order valence-corrected chi connectivity index (χ0v) is 11.9. The molecule has 0 spiro atoms. The van der Waals surface area contributed by atoms with E-state index in [9.17, 15) is 0 Å². The third kappa shape index (κ3) is 3.98. The molecule has 0 bridgehead atoms. The summed E-state index contributed by atoms with van der Waals surface area (Å²) in [5, 5.41) is 3.99. The lowest BCUT2D eigenvalue weighted by molar-refractivity contribution is 0.248. The van der Waals surface area contributed by atoms with E-state index >= 15 is 0 Å². The van der Waals surface area contributed by atoms with E-state index in [0.29, 0.717) is 0 Å². The Kier molecular flexibility index (Phi) is 5.34. The standard InChI is InChI=1S/C16H31N/c1-3-14-8-6-9-15(12-11-14)17-16-10-5-4-7-13(16)2/h13-17H,3-12H2,1-2H3. The maximum absolute atomic E-state index is 3.99. The van der Waals surface area contributed by atoms with Gasteiger partial charge in [-0.15, -0.1) is 0 Å². The smallest absolute Gasteiger partial charge is 0.00952 e. The van der Waals surface area contributed by atoms with Gasteiger partial charge in [-0.2, -0.15) is 0 Å². The molecule has 2 saturated carbocycles. The topological polar surface area (TPSA) is 12.0 Å². The van der Waals surface area contributed by atoms with Gasteiger partial charge in [0.2, 0.25) is 0 Å². The van der Waals surface area contributed by atoms with E-state index in [4.69, 9.17) is 0 Å². The molecule has 0 heterocycles. The first-order valence-corrected chi connectivity index (χ1v) is 8.05. The normalized spacial score (nSPS) is 39.9. The molecular weight excluding hydrogens is 206 g/mol. The fraction of sp³-hybridized carbons (Fsp3) is 1.00. The fourth-order valence-corrected chi connectivity index (χ4v) is 3.82.